The molecule has 2 aromatic rings. The van der Waals surface area contributed by atoms with Gasteiger partial charge in [0.15, 0.2) is 11.6 Å². The molecule has 0 spiro atoms. The van der Waals surface area contributed by atoms with Crippen LogP contribution in [0.2, 0.25) is 0 Å². The first kappa shape index (κ1) is 14.6. The van der Waals surface area contributed by atoms with E-state index >= 15 is 0 Å². The summed E-state index contributed by atoms with van der Waals surface area (Å²) in [4.78, 5) is 0. The van der Waals surface area contributed by atoms with E-state index in [1.54, 1.807) is 24.5 Å². The van der Waals surface area contributed by atoms with Crippen LogP contribution >= 0.6 is 0 Å². The van der Waals surface area contributed by atoms with Crippen molar-refractivity contribution in [3.63, 3.8) is 0 Å². The summed E-state index contributed by atoms with van der Waals surface area (Å²) in [5.41, 5.74) is 0.620. The van der Waals surface area contributed by atoms with E-state index < -0.39 is 0 Å². The molecule has 2 rings (SSSR count). The number of furan rings is 1. The molecule has 4 heteroatoms. The van der Waals surface area contributed by atoms with Crippen LogP contribution in [0.5, 0.6) is 5.75 Å². The maximum absolute atomic E-state index is 14.2. The van der Waals surface area contributed by atoms with Gasteiger partial charge in [-0.25, -0.2) is 4.39 Å². The Bertz CT molecular complexity index is 525. The highest BCUT2D eigenvalue weighted by atomic mass is 19.1. The van der Waals surface area contributed by atoms with E-state index in [2.05, 4.69) is 12.2 Å². The number of rotatable bonds is 7. The van der Waals surface area contributed by atoms with Crippen LogP contribution in [0, 0.1) is 5.82 Å². The van der Waals surface area contributed by atoms with Gasteiger partial charge in [-0.1, -0.05) is 19.1 Å². The molecule has 0 saturated heterocycles. The molecule has 1 heterocycles. The van der Waals surface area contributed by atoms with Crippen LogP contribution < -0.4 is 10.1 Å². The van der Waals surface area contributed by atoms with Crippen LogP contribution in [0.3, 0.4) is 0 Å². The summed E-state index contributed by atoms with van der Waals surface area (Å²) in [6, 6.07) is 8.92. The maximum Gasteiger partial charge on any atom is 0.168 e. The molecule has 1 aromatic heterocycles. The second-order valence-corrected chi connectivity index (χ2v) is 4.66. The number of hydrogen-bond acceptors (Lipinski definition) is 3. The van der Waals surface area contributed by atoms with Gasteiger partial charge in [0.1, 0.15) is 5.76 Å². The molecule has 0 amide bonds. The molecule has 0 bridgehead atoms. The minimum atomic E-state index is -0.301. The van der Waals surface area contributed by atoms with Crippen LogP contribution in [0.15, 0.2) is 41.0 Å². The van der Waals surface area contributed by atoms with Crippen molar-refractivity contribution in [1.82, 2.24) is 5.32 Å². The maximum atomic E-state index is 14.2. The number of hydrogen-bond donors (Lipinski definition) is 1. The Balaban J connectivity index is 2.19. The Morgan fingerprint density at radius 2 is 2.15 bits per heavy atom. The van der Waals surface area contributed by atoms with Crippen LogP contribution in [-0.4, -0.2) is 13.7 Å². The normalized spacial score (nSPS) is 12.3. The molecule has 0 radical (unpaired) electrons. The smallest absolute Gasteiger partial charge is 0.168 e. The molecule has 1 N–H and O–H groups in total. The lowest BCUT2D eigenvalue weighted by molar-refractivity contribution is 0.377. The molecule has 1 unspecified atom stereocenters. The predicted molar refractivity (Wildman–Crippen MR) is 76.4 cm³/mol. The Kier molecular flexibility index (Phi) is 5.18. The van der Waals surface area contributed by atoms with Crippen LogP contribution in [0.25, 0.3) is 0 Å². The summed E-state index contributed by atoms with van der Waals surface area (Å²) in [5, 5.41) is 3.38. The Morgan fingerprint density at radius 3 is 2.80 bits per heavy atom. The Hall–Kier alpha value is -1.81. The van der Waals surface area contributed by atoms with Crippen molar-refractivity contribution in [2.75, 3.05) is 13.7 Å². The summed E-state index contributed by atoms with van der Waals surface area (Å²) in [6.45, 7) is 2.95. The van der Waals surface area contributed by atoms with Gasteiger partial charge >= 0.3 is 0 Å². The highest BCUT2D eigenvalue weighted by molar-refractivity contribution is 5.32. The lowest BCUT2D eigenvalue weighted by atomic mass is 10.0. The first-order chi connectivity index (χ1) is 9.76. The third kappa shape index (κ3) is 3.39. The van der Waals surface area contributed by atoms with Crippen molar-refractivity contribution in [1.29, 1.82) is 0 Å². The van der Waals surface area contributed by atoms with E-state index in [0.29, 0.717) is 12.0 Å². The Morgan fingerprint density at radius 1 is 1.30 bits per heavy atom. The molecule has 1 atom stereocenters. The van der Waals surface area contributed by atoms with Gasteiger partial charge in [0.2, 0.25) is 0 Å². The van der Waals surface area contributed by atoms with Gasteiger partial charge in [-0.05, 0) is 43.1 Å². The number of benzene rings is 1. The Labute approximate surface area is 118 Å². The fourth-order valence-electron chi connectivity index (χ4n) is 2.17. The van der Waals surface area contributed by atoms with Crippen molar-refractivity contribution in [3.8, 4) is 5.75 Å². The zero-order valence-electron chi connectivity index (χ0n) is 11.9. The quantitative estimate of drug-likeness (QED) is 0.837. The van der Waals surface area contributed by atoms with E-state index in [1.165, 1.54) is 7.11 Å². The number of halogens is 1. The largest absolute Gasteiger partial charge is 0.494 e. The van der Waals surface area contributed by atoms with Crippen LogP contribution in [0.1, 0.15) is 30.7 Å². The first-order valence-corrected chi connectivity index (χ1v) is 6.84. The number of nitrogens with one attached hydrogen (secondary N) is 1. The van der Waals surface area contributed by atoms with Crippen molar-refractivity contribution in [2.45, 2.75) is 25.8 Å². The molecule has 0 aliphatic rings. The van der Waals surface area contributed by atoms with E-state index in [4.69, 9.17) is 9.15 Å². The molecule has 3 nitrogen and oxygen atoms in total. The van der Waals surface area contributed by atoms with Gasteiger partial charge in [-0.15, -0.1) is 0 Å². The zero-order chi connectivity index (χ0) is 14.4. The minimum absolute atomic E-state index is 0.0356. The molecule has 0 aliphatic heterocycles. The minimum Gasteiger partial charge on any atom is -0.494 e. The van der Waals surface area contributed by atoms with E-state index in [-0.39, 0.29) is 17.6 Å². The van der Waals surface area contributed by atoms with Gasteiger partial charge in [-0.3, -0.25) is 0 Å². The number of ether oxygens (including phenoxy) is 1. The zero-order valence-corrected chi connectivity index (χ0v) is 11.9. The van der Waals surface area contributed by atoms with Gasteiger partial charge in [0.05, 0.1) is 19.4 Å². The lowest BCUT2D eigenvalue weighted by Gasteiger charge is -2.17. The molecule has 1 aromatic carbocycles. The average molecular weight is 277 g/mol. The van der Waals surface area contributed by atoms with Gasteiger partial charge < -0.3 is 14.5 Å². The number of methoxy groups -OCH3 is 1. The molecule has 0 saturated carbocycles. The van der Waals surface area contributed by atoms with E-state index in [1.807, 2.05) is 12.1 Å². The van der Waals surface area contributed by atoms with Crippen LogP contribution in [0.4, 0.5) is 4.39 Å². The summed E-state index contributed by atoms with van der Waals surface area (Å²) < 4.78 is 24.7. The van der Waals surface area contributed by atoms with E-state index in [9.17, 15) is 4.39 Å². The molecule has 20 heavy (non-hydrogen) atoms. The lowest BCUT2D eigenvalue weighted by Crippen LogP contribution is -2.24. The van der Waals surface area contributed by atoms with Crippen molar-refractivity contribution in [3.05, 3.63) is 53.7 Å². The van der Waals surface area contributed by atoms with Gasteiger partial charge in [0, 0.05) is 0 Å². The molecular weight excluding hydrogens is 257 g/mol. The fourth-order valence-corrected chi connectivity index (χ4v) is 2.17. The monoisotopic (exact) mass is 277 g/mol. The molecule has 0 aliphatic carbocycles. The van der Waals surface area contributed by atoms with Crippen molar-refractivity contribution >= 4 is 0 Å². The van der Waals surface area contributed by atoms with Gasteiger partial charge in [0.25, 0.3) is 0 Å². The second-order valence-electron chi connectivity index (χ2n) is 4.66. The third-order valence-corrected chi connectivity index (χ3v) is 3.21. The van der Waals surface area contributed by atoms with E-state index in [0.717, 1.165) is 18.7 Å². The van der Waals surface area contributed by atoms with Crippen molar-refractivity contribution < 1.29 is 13.5 Å². The molecular formula is C16H20FNO2. The fraction of sp³-hybridized carbons (Fsp3) is 0.375. The summed E-state index contributed by atoms with van der Waals surface area (Å²) >= 11 is 0. The average Bonchev–Trinajstić information content (AvgIpc) is 2.99. The highest BCUT2D eigenvalue weighted by Crippen LogP contribution is 2.25. The molecule has 108 valence electrons. The molecule has 0 fully saturated rings. The summed E-state index contributed by atoms with van der Waals surface area (Å²) in [7, 11) is 1.47. The summed E-state index contributed by atoms with van der Waals surface area (Å²) in [5.74, 6) is 0.793. The summed E-state index contributed by atoms with van der Waals surface area (Å²) in [6.07, 6.45) is 3.17. The highest BCUT2D eigenvalue weighted by Gasteiger charge is 2.17. The first-order valence-electron chi connectivity index (χ1n) is 6.84. The third-order valence-electron chi connectivity index (χ3n) is 3.21. The van der Waals surface area contributed by atoms with Crippen LogP contribution in [-0.2, 0) is 6.42 Å². The standard InChI is InChI=1S/C16H20FNO2/c1-3-9-18-13(14-8-5-10-20-14)11-12-6-4-7-15(19-2)16(12)17/h4-8,10,13,18H,3,9,11H2,1-2H3. The predicted octanol–water partition coefficient (Wildman–Crippen LogP) is 3.71. The van der Waals surface area contributed by atoms with Crippen molar-refractivity contribution in [2.24, 2.45) is 0 Å². The SMILES string of the molecule is CCCNC(Cc1cccc(OC)c1F)c1ccco1. The second kappa shape index (κ2) is 7.10. The van der Waals surface area contributed by atoms with Gasteiger partial charge in [-0.2, -0.15) is 0 Å². The topological polar surface area (TPSA) is 34.4 Å².